The number of benzene rings is 1. The number of rotatable bonds is 3. The van der Waals surface area contributed by atoms with Crippen molar-refractivity contribution in [2.24, 2.45) is 33.1 Å². The zero-order valence-corrected chi connectivity index (χ0v) is 13.4. The van der Waals surface area contributed by atoms with Crippen LogP contribution in [-0.4, -0.2) is 17.8 Å². The molecule has 0 saturated heterocycles. The van der Waals surface area contributed by atoms with Gasteiger partial charge in [-0.25, -0.2) is 4.99 Å². The highest BCUT2D eigenvalue weighted by Crippen LogP contribution is 2.29. The van der Waals surface area contributed by atoms with E-state index in [-0.39, 0.29) is 23.7 Å². The van der Waals surface area contributed by atoms with Crippen LogP contribution in [0.15, 0.2) is 28.2 Å². The second kappa shape index (κ2) is 7.62. The topological polar surface area (TPSA) is 132 Å². The number of aryl methyl sites for hydroxylation is 1. The standard InChI is InChI=1S/C16H24N6O/c1-10-7-8-12(13(9-10)21-16(19)22-15(17)18)20-14(23)11-5-3-2-4-6-11/h7-9,11H,2-6H2,1H3,(H,20,23)(H6,17,18,19,21,22). The van der Waals surface area contributed by atoms with Crippen LogP contribution >= 0.6 is 0 Å². The first-order valence-corrected chi connectivity index (χ1v) is 7.81. The lowest BCUT2D eigenvalue weighted by Crippen LogP contribution is -2.26. The smallest absolute Gasteiger partial charge is 0.227 e. The van der Waals surface area contributed by atoms with E-state index in [0.29, 0.717) is 11.4 Å². The normalized spacial score (nSPS) is 16.0. The summed E-state index contributed by atoms with van der Waals surface area (Å²) in [6, 6.07) is 5.55. The van der Waals surface area contributed by atoms with E-state index in [1.54, 1.807) is 0 Å². The number of carbonyl (C=O) groups excluding carboxylic acids is 1. The van der Waals surface area contributed by atoms with Gasteiger partial charge < -0.3 is 22.5 Å². The molecular weight excluding hydrogens is 292 g/mol. The highest BCUT2D eigenvalue weighted by Gasteiger charge is 2.21. The quantitative estimate of drug-likeness (QED) is 0.499. The number of hydrogen-bond donors (Lipinski definition) is 4. The molecule has 1 aliphatic carbocycles. The van der Waals surface area contributed by atoms with Crippen molar-refractivity contribution >= 4 is 29.2 Å². The molecule has 0 aromatic heterocycles. The minimum Gasteiger partial charge on any atom is -0.370 e. The molecular formula is C16H24N6O. The van der Waals surface area contributed by atoms with Gasteiger partial charge >= 0.3 is 0 Å². The summed E-state index contributed by atoms with van der Waals surface area (Å²) < 4.78 is 0. The number of nitrogens with one attached hydrogen (secondary N) is 1. The number of carbonyl (C=O) groups is 1. The molecule has 0 unspecified atom stereocenters. The fraction of sp³-hybridized carbons (Fsp3) is 0.438. The van der Waals surface area contributed by atoms with Gasteiger partial charge in [0.1, 0.15) is 0 Å². The van der Waals surface area contributed by atoms with E-state index in [0.717, 1.165) is 31.2 Å². The third kappa shape index (κ3) is 4.98. The molecule has 23 heavy (non-hydrogen) atoms. The predicted molar refractivity (Wildman–Crippen MR) is 93.5 cm³/mol. The lowest BCUT2D eigenvalue weighted by molar-refractivity contribution is -0.120. The van der Waals surface area contributed by atoms with Crippen LogP contribution in [0, 0.1) is 12.8 Å². The number of nitrogens with zero attached hydrogens (tertiary/aromatic N) is 2. The highest BCUT2D eigenvalue weighted by atomic mass is 16.1. The van der Waals surface area contributed by atoms with Crippen molar-refractivity contribution in [1.82, 2.24) is 0 Å². The van der Waals surface area contributed by atoms with E-state index >= 15 is 0 Å². The Balaban J connectivity index is 2.21. The van der Waals surface area contributed by atoms with Crippen LogP contribution in [0.25, 0.3) is 0 Å². The van der Waals surface area contributed by atoms with Crippen molar-refractivity contribution in [3.8, 4) is 0 Å². The number of anilines is 1. The zero-order chi connectivity index (χ0) is 16.8. The van der Waals surface area contributed by atoms with Crippen LogP contribution in [0.5, 0.6) is 0 Å². The highest BCUT2D eigenvalue weighted by molar-refractivity contribution is 5.98. The van der Waals surface area contributed by atoms with E-state index in [2.05, 4.69) is 15.3 Å². The molecule has 1 aliphatic rings. The number of amides is 1. The summed E-state index contributed by atoms with van der Waals surface area (Å²) in [5.74, 6) is -0.113. The first-order chi connectivity index (χ1) is 11.0. The first-order valence-electron chi connectivity index (χ1n) is 7.81. The maximum atomic E-state index is 12.4. The van der Waals surface area contributed by atoms with Crippen molar-refractivity contribution in [1.29, 1.82) is 0 Å². The molecule has 0 aliphatic heterocycles. The van der Waals surface area contributed by atoms with Crippen molar-refractivity contribution < 1.29 is 4.79 Å². The summed E-state index contributed by atoms with van der Waals surface area (Å²) in [5, 5.41) is 2.95. The molecule has 0 bridgehead atoms. The maximum Gasteiger partial charge on any atom is 0.227 e. The first kappa shape index (κ1) is 16.8. The predicted octanol–water partition coefficient (Wildman–Crippen LogP) is 1.73. The molecule has 0 atom stereocenters. The van der Waals surface area contributed by atoms with Crippen molar-refractivity contribution in [2.75, 3.05) is 5.32 Å². The molecule has 0 heterocycles. The van der Waals surface area contributed by atoms with Crippen molar-refractivity contribution in [3.63, 3.8) is 0 Å². The molecule has 7 nitrogen and oxygen atoms in total. The molecule has 1 fully saturated rings. The molecule has 0 radical (unpaired) electrons. The second-order valence-electron chi connectivity index (χ2n) is 5.85. The summed E-state index contributed by atoms with van der Waals surface area (Å²) in [5.41, 5.74) is 18.4. The van der Waals surface area contributed by atoms with Crippen LogP contribution < -0.4 is 22.5 Å². The van der Waals surface area contributed by atoms with Gasteiger partial charge in [-0.3, -0.25) is 4.79 Å². The minimum absolute atomic E-state index is 0.0328. The molecule has 7 heteroatoms. The van der Waals surface area contributed by atoms with Gasteiger partial charge in [0.05, 0.1) is 11.4 Å². The lowest BCUT2D eigenvalue weighted by atomic mass is 9.88. The van der Waals surface area contributed by atoms with E-state index < -0.39 is 0 Å². The van der Waals surface area contributed by atoms with Gasteiger partial charge in [0.2, 0.25) is 11.9 Å². The summed E-state index contributed by atoms with van der Waals surface area (Å²) >= 11 is 0. The maximum absolute atomic E-state index is 12.4. The fourth-order valence-corrected chi connectivity index (χ4v) is 2.72. The number of guanidine groups is 2. The van der Waals surface area contributed by atoms with E-state index in [1.807, 2.05) is 25.1 Å². The van der Waals surface area contributed by atoms with E-state index in [1.165, 1.54) is 6.42 Å². The average molecular weight is 316 g/mol. The van der Waals surface area contributed by atoms with E-state index in [9.17, 15) is 4.79 Å². The average Bonchev–Trinajstić information content (AvgIpc) is 2.50. The summed E-state index contributed by atoms with van der Waals surface area (Å²) in [6.07, 6.45) is 5.29. The SMILES string of the molecule is Cc1ccc(NC(=O)C2CCCCC2)c(N=C(N)N=C(N)N)c1. The Kier molecular flexibility index (Phi) is 5.56. The Hall–Kier alpha value is -2.57. The Labute approximate surface area is 136 Å². The van der Waals surface area contributed by atoms with Gasteiger partial charge in [-0.05, 0) is 37.5 Å². The van der Waals surface area contributed by atoms with Gasteiger partial charge in [0, 0.05) is 5.92 Å². The van der Waals surface area contributed by atoms with Crippen LogP contribution in [-0.2, 0) is 4.79 Å². The molecule has 2 rings (SSSR count). The molecule has 1 aromatic carbocycles. The zero-order valence-electron chi connectivity index (χ0n) is 13.4. The second-order valence-corrected chi connectivity index (χ2v) is 5.85. The Morgan fingerprint density at radius 1 is 1.17 bits per heavy atom. The van der Waals surface area contributed by atoms with Crippen LogP contribution in [0.4, 0.5) is 11.4 Å². The van der Waals surface area contributed by atoms with Gasteiger partial charge in [0.25, 0.3) is 0 Å². The van der Waals surface area contributed by atoms with Crippen molar-refractivity contribution in [3.05, 3.63) is 23.8 Å². The largest absolute Gasteiger partial charge is 0.370 e. The lowest BCUT2D eigenvalue weighted by Gasteiger charge is -2.21. The van der Waals surface area contributed by atoms with Gasteiger partial charge in [0.15, 0.2) is 5.96 Å². The molecule has 1 saturated carbocycles. The molecule has 1 amide bonds. The summed E-state index contributed by atoms with van der Waals surface area (Å²) in [7, 11) is 0. The Morgan fingerprint density at radius 2 is 1.87 bits per heavy atom. The number of nitrogens with two attached hydrogens (primary N) is 3. The molecule has 124 valence electrons. The van der Waals surface area contributed by atoms with Crippen LogP contribution in [0.2, 0.25) is 0 Å². The molecule has 7 N–H and O–H groups in total. The number of hydrogen-bond acceptors (Lipinski definition) is 2. The summed E-state index contributed by atoms with van der Waals surface area (Å²) in [4.78, 5) is 20.3. The molecule has 0 spiro atoms. The van der Waals surface area contributed by atoms with Crippen LogP contribution in [0.1, 0.15) is 37.7 Å². The fourth-order valence-electron chi connectivity index (χ4n) is 2.72. The van der Waals surface area contributed by atoms with Gasteiger partial charge in [-0.2, -0.15) is 4.99 Å². The van der Waals surface area contributed by atoms with Gasteiger partial charge in [-0.15, -0.1) is 0 Å². The van der Waals surface area contributed by atoms with E-state index in [4.69, 9.17) is 17.2 Å². The van der Waals surface area contributed by atoms with Crippen LogP contribution in [0.3, 0.4) is 0 Å². The third-order valence-electron chi connectivity index (χ3n) is 3.87. The minimum atomic E-state index is -0.160. The van der Waals surface area contributed by atoms with Gasteiger partial charge in [-0.1, -0.05) is 25.3 Å². The Bertz CT molecular complexity index is 627. The third-order valence-corrected chi connectivity index (χ3v) is 3.87. The monoisotopic (exact) mass is 316 g/mol. The van der Waals surface area contributed by atoms with Crippen molar-refractivity contribution in [2.45, 2.75) is 39.0 Å². The molecule has 1 aromatic rings. The number of aliphatic imine (C=N–C) groups is 2. The summed E-state index contributed by atoms with van der Waals surface area (Å²) in [6.45, 7) is 1.93. The Morgan fingerprint density at radius 3 is 2.52 bits per heavy atom.